The fraction of sp³-hybridized carbons (Fsp3) is 0. The molecule has 0 spiro atoms. The van der Waals surface area contributed by atoms with Gasteiger partial charge < -0.3 is 5.48 Å². The van der Waals surface area contributed by atoms with Gasteiger partial charge in [0.1, 0.15) is 0 Å². The van der Waals surface area contributed by atoms with Crippen LogP contribution in [-0.4, -0.2) is 23.9 Å². The van der Waals surface area contributed by atoms with Crippen molar-refractivity contribution in [2.75, 3.05) is 0 Å². The van der Waals surface area contributed by atoms with Gasteiger partial charge in [0.2, 0.25) is 0 Å². The third-order valence-corrected chi connectivity index (χ3v) is 0. The molecule has 0 N–H and O–H groups in total. The molecule has 0 aromatic carbocycles. The first kappa shape index (κ1) is 36.0. The van der Waals surface area contributed by atoms with Gasteiger partial charge >= 0.3 is 65.1 Å². The van der Waals surface area contributed by atoms with Gasteiger partial charge in [0, 0.05) is 0 Å². The quantitative estimate of drug-likeness (QED) is 0.536. The van der Waals surface area contributed by atoms with Crippen LogP contribution in [0.4, 0.5) is 0 Å². The van der Waals surface area contributed by atoms with Crippen LogP contribution in [0.1, 0.15) is 0 Å². The van der Waals surface area contributed by atoms with Gasteiger partial charge in [0.25, 0.3) is 0 Å². The van der Waals surface area contributed by atoms with E-state index in [1.54, 1.807) is 0 Å². The van der Waals surface area contributed by atoms with Gasteiger partial charge in [0.05, 0.1) is 0 Å². The smallest absolute Gasteiger partial charge is 2.00 e. The first-order valence-electron chi connectivity index (χ1n) is 0. The predicted molar refractivity (Wildman–Crippen MR) is 6.44 cm³/mol. The van der Waals surface area contributed by atoms with Crippen molar-refractivity contribution in [2.24, 2.45) is 0 Å². The van der Waals surface area contributed by atoms with Crippen LogP contribution < -0.4 is 0 Å². The standard InChI is InChI=1S/O.Ru.Sn.Ti/q-2;+3;2*+4. The third kappa shape index (κ3) is 8.94. The van der Waals surface area contributed by atoms with Crippen LogP contribution in [0.5, 0.6) is 0 Å². The summed E-state index contributed by atoms with van der Waals surface area (Å²) in [5, 5.41) is 0. The summed E-state index contributed by atoms with van der Waals surface area (Å²) in [4.78, 5) is 0. The maximum absolute atomic E-state index is 0. The van der Waals surface area contributed by atoms with E-state index in [1.807, 2.05) is 0 Å². The van der Waals surface area contributed by atoms with E-state index in [-0.39, 0.29) is 70.6 Å². The average Bonchev–Trinajstić information content (AvgIpc) is 0. The van der Waals surface area contributed by atoms with Crippen LogP contribution in [0.25, 0.3) is 0 Å². The Morgan fingerprint density at radius 1 is 1.00 bits per heavy atom. The van der Waals surface area contributed by atoms with E-state index in [0.29, 0.717) is 0 Å². The SMILES string of the molecule is [O-2].[Ru+3].[Sn+4].[Ti+4]. The van der Waals surface area contributed by atoms with Gasteiger partial charge in [-0.05, 0) is 0 Å². The summed E-state index contributed by atoms with van der Waals surface area (Å²) in [6, 6.07) is 0. The Hall–Kier alpha value is 2.10. The Morgan fingerprint density at radius 3 is 1.00 bits per heavy atom. The van der Waals surface area contributed by atoms with Crippen LogP contribution in [-0.2, 0) is 46.7 Å². The summed E-state index contributed by atoms with van der Waals surface area (Å²) in [5.74, 6) is 0. The molecular formula is ORuSnTi+9. The van der Waals surface area contributed by atoms with E-state index < -0.39 is 0 Å². The van der Waals surface area contributed by atoms with Crippen LogP contribution >= 0.6 is 0 Å². The molecule has 0 saturated heterocycles. The maximum Gasteiger partial charge on any atom is 4.00 e. The first-order chi connectivity index (χ1) is 0. The van der Waals surface area contributed by atoms with Gasteiger partial charge in [-0.3, -0.25) is 0 Å². The Balaban J connectivity index is 0. The molecular weight excluding hydrogens is 284 g/mol. The van der Waals surface area contributed by atoms with E-state index in [9.17, 15) is 0 Å². The molecule has 0 amide bonds. The Morgan fingerprint density at radius 2 is 1.00 bits per heavy atom. The number of rotatable bonds is 0. The molecule has 0 rings (SSSR count). The van der Waals surface area contributed by atoms with Crippen molar-refractivity contribution in [2.45, 2.75) is 0 Å². The predicted octanol–water partition coefficient (Wildman–Crippen LogP) is -0.505. The van der Waals surface area contributed by atoms with Crippen molar-refractivity contribution >= 4 is 23.9 Å². The van der Waals surface area contributed by atoms with Crippen LogP contribution in [0, 0.1) is 0 Å². The van der Waals surface area contributed by atoms with Gasteiger partial charge in [0.15, 0.2) is 0 Å². The van der Waals surface area contributed by atoms with Crippen LogP contribution in [0.15, 0.2) is 0 Å². The molecule has 0 saturated carbocycles. The Labute approximate surface area is 69.8 Å². The Kier molecular flexibility index (Phi) is 175. The first-order valence-corrected chi connectivity index (χ1v) is 0. The molecule has 1 radical (unpaired) electrons. The molecule has 0 atom stereocenters. The third-order valence-electron chi connectivity index (χ3n) is 0. The zero-order chi connectivity index (χ0) is 0. The normalized spacial score (nSPS) is 0. The van der Waals surface area contributed by atoms with Crippen molar-refractivity contribution in [1.29, 1.82) is 0 Å². The van der Waals surface area contributed by atoms with E-state index in [4.69, 9.17) is 0 Å². The summed E-state index contributed by atoms with van der Waals surface area (Å²) in [5.41, 5.74) is 0. The molecule has 0 fully saturated rings. The Bertz CT molecular complexity index is 8.00. The fourth-order valence-electron chi connectivity index (χ4n) is 0. The van der Waals surface area contributed by atoms with Gasteiger partial charge in [-0.1, -0.05) is 0 Å². The summed E-state index contributed by atoms with van der Waals surface area (Å²) < 4.78 is 0. The van der Waals surface area contributed by atoms with Crippen molar-refractivity contribution in [3.8, 4) is 0 Å². The maximum atomic E-state index is 0. The minimum atomic E-state index is 0. The van der Waals surface area contributed by atoms with E-state index in [2.05, 4.69) is 0 Å². The largest absolute Gasteiger partial charge is 4.00 e. The number of hydrogen-bond donors (Lipinski definition) is 0. The van der Waals surface area contributed by atoms with Gasteiger partial charge in [-0.2, -0.15) is 0 Å². The zero-order valence-corrected chi connectivity index (χ0v) is 7.92. The van der Waals surface area contributed by atoms with E-state index in [1.165, 1.54) is 0 Å². The summed E-state index contributed by atoms with van der Waals surface area (Å²) in [6.45, 7) is 0. The summed E-state index contributed by atoms with van der Waals surface area (Å²) in [7, 11) is 0. The van der Waals surface area contributed by atoms with Crippen molar-refractivity contribution in [3.63, 3.8) is 0 Å². The molecule has 0 aliphatic heterocycles. The van der Waals surface area contributed by atoms with Gasteiger partial charge in [-0.25, -0.2) is 0 Å². The second-order valence-electron chi connectivity index (χ2n) is 0. The van der Waals surface area contributed by atoms with E-state index in [0.717, 1.165) is 0 Å². The second kappa shape index (κ2) is 19.5. The fourth-order valence-corrected chi connectivity index (χ4v) is 0. The second-order valence-corrected chi connectivity index (χ2v) is 0. The molecule has 0 aromatic rings. The molecule has 0 aliphatic carbocycles. The van der Waals surface area contributed by atoms with Crippen molar-refractivity contribution < 1.29 is 46.7 Å². The minimum Gasteiger partial charge on any atom is -2.00 e. The summed E-state index contributed by atoms with van der Waals surface area (Å²) >= 11 is 0. The summed E-state index contributed by atoms with van der Waals surface area (Å²) in [6.07, 6.45) is 0. The monoisotopic (exact) mass is 286 g/mol. The van der Waals surface area contributed by atoms with Crippen LogP contribution in [0.3, 0.4) is 0 Å². The topological polar surface area (TPSA) is 28.5 Å². The molecule has 0 heterocycles. The molecule has 0 aliphatic rings. The molecule has 0 unspecified atom stereocenters. The molecule has 4 heteroatoms. The molecule has 4 heavy (non-hydrogen) atoms. The molecule has 0 aromatic heterocycles. The van der Waals surface area contributed by atoms with E-state index >= 15 is 0 Å². The average molecular weight is 284 g/mol. The molecule has 13 valence electrons. The minimum absolute atomic E-state index is 0. The zero-order valence-electron chi connectivity index (χ0n) is 1.76. The molecule has 0 bridgehead atoms. The van der Waals surface area contributed by atoms with Crippen molar-refractivity contribution in [3.05, 3.63) is 0 Å². The van der Waals surface area contributed by atoms with Gasteiger partial charge in [-0.15, -0.1) is 0 Å². The number of hydrogen-bond acceptors (Lipinski definition) is 0. The van der Waals surface area contributed by atoms with Crippen LogP contribution in [0.2, 0.25) is 0 Å². The molecule has 1 nitrogen and oxygen atoms in total. The van der Waals surface area contributed by atoms with Crippen molar-refractivity contribution in [1.82, 2.24) is 0 Å².